The van der Waals surface area contributed by atoms with Gasteiger partial charge in [-0.1, -0.05) is 25.1 Å². The van der Waals surface area contributed by atoms with Crippen molar-refractivity contribution in [1.82, 2.24) is 19.9 Å². The molecule has 0 unspecified atom stereocenters. The van der Waals surface area contributed by atoms with Crippen molar-refractivity contribution in [3.63, 3.8) is 0 Å². The number of ether oxygens (including phenoxy) is 1. The molecule has 2 atom stereocenters. The highest BCUT2D eigenvalue weighted by Gasteiger charge is 2.38. The molecule has 0 aliphatic heterocycles. The molecule has 2 N–H and O–H groups in total. The number of halogens is 5. The number of aromatic nitrogens is 3. The van der Waals surface area contributed by atoms with Crippen LogP contribution in [0.1, 0.15) is 29.3 Å². The summed E-state index contributed by atoms with van der Waals surface area (Å²) < 4.78 is 75.7. The number of anilines is 1. The number of benzene rings is 2. The van der Waals surface area contributed by atoms with Crippen molar-refractivity contribution in [2.45, 2.75) is 38.0 Å². The predicted octanol–water partition coefficient (Wildman–Crippen LogP) is 5.69. The Balaban J connectivity index is 1.47. The summed E-state index contributed by atoms with van der Waals surface area (Å²) in [6, 6.07) is 7.80. The molecule has 47 heavy (non-hydrogen) atoms. The third kappa shape index (κ3) is 6.62. The molecule has 0 aliphatic carbocycles. The summed E-state index contributed by atoms with van der Waals surface area (Å²) >= 11 is 0. The number of hydrogen-bond acceptors (Lipinski definition) is 7. The van der Waals surface area contributed by atoms with Gasteiger partial charge >= 0.3 is 12.1 Å². The van der Waals surface area contributed by atoms with Crippen LogP contribution < -0.4 is 16.2 Å². The number of pyridine rings is 3. The second kappa shape index (κ2) is 13.1. The van der Waals surface area contributed by atoms with E-state index in [2.05, 4.69) is 15.3 Å². The number of amides is 1. The second-order valence-electron chi connectivity index (χ2n) is 10.7. The van der Waals surface area contributed by atoms with Crippen molar-refractivity contribution >= 4 is 39.4 Å². The lowest BCUT2D eigenvalue weighted by molar-refractivity contribution is -0.143. The van der Waals surface area contributed by atoms with Gasteiger partial charge in [-0.25, -0.2) is 13.6 Å². The zero-order chi connectivity index (χ0) is 34.0. The van der Waals surface area contributed by atoms with E-state index in [1.54, 1.807) is 55.8 Å². The molecule has 0 saturated heterocycles. The standard InChI is InChI=1S/C33H28F5N5O4/c1-4-27(33(36,37)38)41-19-14-23(34)28(24(35)15-19)30(44)42-25(32(46)47-3)13-17-7-8-21(29-20(17)6-5-10-40-29)22-12-18-9-11-39-16-26(18)43(2)31(22)45/h5-12,14-16,25,27,41H,4,13H2,1-3H3,(H,42,44)/t25-,27+/m0/s1. The van der Waals surface area contributed by atoms with Crippen molar-refractivity contribution in [3.05, 3.63) is 100 Å². The zero-order valence-electron chi connectivity index (χ0n) is 25.3. The van der Waals surface area contributed by atoms with Gasteiger partial charge in [-0.2, -0.15) is 13.2 Å². The molecule has 1 amide bonds. The van der Waals surface area contributed by atoms with Gasteiger partial charge in [0.1, 0.15) is 29.3 Å². The number of nitrogens with one attached hydrogen (secondary N) is 2. The van der Waals surface area contributed by atoms with Gasteiger partial charge in [0.2, 0.25) is 0 Å². The minimum absolute atomic E-state index is 0.199. The number of esters is 1. The lowest BCUT2D eigenvalue weighted by Crippen LogP contribution is -2.43. The minimum atomic E-state index is -4.67. The fraction of sp³-hybridized carbons (Fsp3) is 0.242. The van der Waals surface area contributed by atoms with Gasteiger partial charge in [0, 0.05) is 53.4 Å². The first-order chi connectivity index (χ1) is 22.3. The van der Waals surface area contributed by atoms with Crippen LogP contribution in [0.25, 0.3) is 32.9 Å². The SMILES string of the molecule is CC[C@@H](Nc1cc(F)c(C(=O)N[C@@H](Cc2ccc(-c3cc4ccncc4n(C)c3=O)c3ncccc23)C(=O)OC)c(F)c1)C(F)(F)F. The molecule has 2 aromatic carbocycles. The molecule has 0 fully saturated rings. The maximum atomic E-state index is 15.0. The molecule has 9 nitrogen and oxygen atoms in total. The van der Waals surface area contributed by atoms with Gasteiger partial charge in [-0.3, -0.25) is 19.6 Å². The molecule has 5 rings (SSSR count). The number of carbonyl (C=O) groups excluding carboxylic acids is 2. The van der Waals surface area contributed by atoms with Gasteiger partial charge in [0.25, 0.3) is 11.5 Å². The topological polar surface area (TPSA) is 115 Å². The molecule has 0 bridgehead atoms. The van der Waals surface area contributed by atoms with E-state index < -0.39 is 59.4 Å². The summed E-state index contributed by atoms with van der Waals surface area (Å²) in [6.07, 6.45) is -0.555. The van der Waals surface area contributed by atoms with Gasteiger partial charge < -0.3 is 19.9 Å². The highest BCUT2D eigenvalue weighted by Crippen LogP contribution is 2.31. The lowest BCUT2D eigenvalue weighted by atomic mass is 9.95. The number of carbonyl (C=O) groups is 2. The third-order valence-electron chi connectivity index (χ3n) is 7.81. The fourth-order valence-electron chi connectivity index (χ4n) is 5.40. The Morgan fingerprint density at radius 3 is 2.40 bits per heavy atom. The Morgan fingerprint density at radius 2 is 1.74 bits per heavy atom. The first-order valence-corrected chi connectivity index (χ1v) is 14.4. The van der Waals surface area contributed by atoms with Crippen molar-refractivity contribution in [1.29, 1.82) is 0 Å². The minimum Gasteiger partial charge on any atom is -0.467 e. The summed E-state index contributed by atoms with van der Waals surface area (Å²) in [7, 11) is 2.70. The molecular weight excluding hydrogens is 625 g/mol. The first-order valence-electron chi connectivity index (χ1n) is 14.4. The number of alkyl halides is 3. The van der Waals surface area contributed by atoms with Crippen molar-refractivity contribution in [3.8, 4) is 11.1 Å². The number of fused-ring (bicyclic) bond motifs is 2. The molecule has 244 valence electrons. The maximum absolute atomic E-state index is 15.0. The molecule has 3 heterocycles. The number of nitrogens with zero attached hydrogens (tertiary/aromatic N) is 3. The summed E-state index contributed by atoms with van der Waals surface area (Å²) in [6.45, 7) is 1.25. The molecule has 5 aromatic rings. The van der Waals surface area contributed by atoms with Crippen LogP contribution in [0, 0.1) is 11.6 Å². The van der Waals surface area contributed by atoms with Crippen LogP contribution in [0.5, 0.6) is 0 Å². The van der Waals surface area contributed by atoms with Crippen LogP contribution in [-0.4, -0.2) is 51.8 Å². The van der Waals surface area contributed by atoms with Crippen molar-refractivity contribution < 1.29 is 36.3 Å². The van der Waals surface area contributed by atoms with Crippen LogP contribution in [0.15, 0.2) is 71.9 Å². The van der Waals surface area contributed by atoms with Gasteiger partial charge in [0.05, 0.1) is 24.3 Å². The van der Waals surface area contributed by atoms with E-state index in [-0.39, 0.29) is 12.0 Å². The number of hydrogen-bond donors (Lipinski definition) is 2. The van der Waals surface area contributed by atoms with E-state index in [1.165, 1.54) is 17.7 Å². The average molecular weight is 654 g/mol. The molecule has 0 saturated carbocycles. The van der Waals surface area contributed by atoms with Gasteiger partial charge in [-0.15, -0.1) is 0 Å². The number of aryl methyl sites for hydroxylation is 1. The molecule has 14 heteroatoms. The summed E-state index contributed by atoms with van der Waals surface area (Å²) in [5, 5.41) is 5.62. The molecule has 0 aliphatic rings. The van der Waals surface area contributed by atoms with E-state index in [4.69, 9.17) is 4.74 Å². The summed E-state index contributed by atoms with van der Waals surface area (Å²) in [5.74, 6) is -5.11. The molecule has 3 aromatic heterocycles. The van der Waals surface area contributed by atoms with Crippen molar-refractivity contribution in [2.75, 3.05) is 12.4 Å². The molecule has 0 radical (unpaired) electrons. The quantitative estimate of drug-likeness (QED) is 0.155. The van der Waals surface area contributed by atoms with Crippen LogP contribution in [0.4, 0.5) is 27.6 Å². The molecular formula is C33H28F5N5O4. The maximum Gasteiger partial charge on any atom is 0.408 e. The largest absolute Gasteiger partial charge is 0.467 e. The monoisotopic (exact) mass is 653 g/mol. The summed E-state index contributed by atoms with van der Waals surface area (Å²) in [4.78, 5) is 47.8. The van der Waals surface area contributed by atoms with Crippen LogP contribution in [-0.2, 0) is 23.0 Å². The van der Waals surface area contributed by atoms with Crippen molar-refractivity contribution in [2.24, 2.45) is 7.05 Å². The van der Waals surface area contributed by atoms with Crippen LogP contribution in [0.2, 0.25) is 0 Å². The highest BCUT2D eigenvalue weighted by molar-refractivity contribution is 5.99. The van der Waals surface area contributed by atoms with E-state index >= 15 is 0 Å². The lowest BCUT2D eigenvalue weighted by Gasteiger charge is -2.22. The smallest absolute Gasteiger partial charge is 0.408 e. The van der Waals surface area contributed by atoms with E-state index in [0.29, 0.717) is 45.2 Å². The average Bonchev–Trinajstić information content (AvgIpc) is 3.04. The molecule has 0 spiro atoms. The Kier molecular flexibility index (Phi) is 9.22. The van der Waals surface area contributed by atoms with Gasteiger partial charge in [-0.05, 0) is 42.3 Å². The Hall–Kier alpha value is -5.40. The van der Waals surface area contributed by atoms with Crippen LogP contribution in [0.3, 0.4) is 0 Å². The number of methoxy groups -OCH3 is 1. The number of rotatable bonds is 9. The Bertz CT molecular complexity index is 2040. The Morgan fingerprint density at radius 1 is 1.02 bits per heavy atom. The fourth-order valence-corrected chi connectivity index (χ4v) is 5.40. The van der Waals surface area contributed by atoms with E-state index in [1.807, 2.05) is 5.32 Å². The van der Waals surface area contributed by atoms with Gasteiger partial charge in [0.15, 0.2) is 0 Å². The zero-order valence-corrected chi connectivity index (χ0v) is 25.3. The first kappa shape index (κ1) is 33.0. The second-order valence-corrected chi connectivity index (χ2v) is 10.7. The normalized spacial score (nSPS) is 12.9. The van der Waals surface area contributed by atoms with Crippen LogP contribution >= 0.6 is 0 Å². The third-order valence-corrected chi connectivity index (χ3v) is 7.81. The predicted molar refractivity (Wildman–Crippen MR) is 165 cm³/mol. The van der Waals surface area contributed by atoms with E-state index in [9.17, 15) is 36.3 Å². The Labute approximate surface area is 264 Å². The summed E-state index contributed by atoms with van der Waals surface area (Å²) in [5.41, 5.74) is 0.536. The highest BCUT2D eigenvalue weighted by atomic mass is 19.4. The van der Waals surface area contributed by atoms with E-state index in [0.717, 1.165) is 12.5 Å².